The van der Waals surface area contributed by atoms with E-state index >= 15 is 0 Å². The molecule has 2 atom stereocenters. The Balaban J connectivity index is 2.12. The normalized spacial score (nSPS) is 33.9. The minimum absolute atomic E-state index is 0.00977. The maximum atomic E-state index is 11.5. The van der Waals surface area contributed by atoms with Crippen LogP contribution in [0.3, 0.4) is 0 Å². The van der Waals surface area contributed by atoms with Crippen molar-refractivity contribution in [2.75, 3.05) is 6.54 Å². The van der Waals surface area contributed by atoms with E-state index in [-0.39, 0.29) is 23.9 Å². The maximum Gasteiger partial charge on any atom is 0.229 e. The second-order valence-electron chi connectivity index (χ2n) is 4.11. The van der Waals surface area contributed by atoms with E-state index in [9.17, 15) is 9.59 Å². The number of rotatable bonds is 1. The molecule has 0 bridgehead atoms. The minimum atomic E-state index is 0.00977. The molecular weight excluding hydrogens is 180 g/mol. The summed E-state index contributed by atoms with van der Waals surface area (Å²) in [5.74, 6) is 0.0195. The molecule has 2 saturated heterocycles. The molecular formula is C10H16N2O2. The van der Waals surface area contributed by atoms with Gasteiger partial charge in [-0.15, -0.1) is 0 Å². The predicted molar refractivity (Wildman–Crippen MR) is 51.6 cm³/mol. The van der Waals surface area contributed by atoms with Gasteiger partial charge in [0.15, 0.2) is 0 Å². The number of carbonyl (C=O) groups excluding carboxylic acids is 2. The Morgan fingerprint density at radius 2 is 1.93 bits per heavy atom. The molecule has 0 saturated carbocycles. The summed E-state index contributed by atoms with van der Waals surface area (Å²) in [5.41, 5.74) is 0. The first-order valence-electron chi connectivity index (χ1n) is 5.28. The first-order chi connectivity index (χ1) is 6.70. The third-order valence-corrected chi connectivity index (χ3v) is 3.14. The number of hydrogen-bond acceptors (Lipinski definition) is 3. The molecule has 0 radical (unpaired) electrons. The summed E-state index contributed by atoms with van der Waals surface area (Å²) in [6.07, 6.45) is 2.81. The predicted octanol–water partition coefficient (Wildman–Crippen LogP) is 0.276. The van der Waals surface area contributed by atoms with Gasteiger partial charge in [-0.1, -0.05) is 0 Å². The summed E-state index contributed by atoms with van der Waals surface area (Å²) in [5, 5.41) is 3.30. The van der Waals surface area contributed by atoms with Crippen molar-refractivity contribution in [2.45, 2.75) is 44.7 Å². The number of piperidine rings is 1. The van der Waals surface area contributed by atoms with Crippen LogP contribution in [0.1, 0.15) is 32.6 Å². The highest BCUT2D eigenvalue weighted by atomic mass is 16.2. The van der Waals surface area contributed by atoms with Crippen LogP contribution in [0.4, 0.5) is 0 Å². The average Bonchev–Trinajstić information content (AvgIpc) is 2.48. The number of carbonyl (C=O) groups is 2. The van der Waals surface area contributed by atoms with Crippen molar-refractivity contribution in [3.05, 3.63) is 0 Å². The summed E-state index contributed by atoms with van der Waals surface area (Å²) in [6, 6.07) is 0.334. The van der Waals surface area contributed by atoms with Crippen LogP contribution in [0.25, 0.3) is 0 Å². The van der Waals surface area contributed by atoms with E-state index in [4.69, 9.17) is 0 Å². The monoisotopic (exact) mass is 196 g/mol. The number of amides is 2. The van der Waals surface area contributed by atoms with E-state index in [0.717, 1.165) is 19.4 Å². The van der Waals surface area contributed by atoms with E-state index in [2.05, 4.69) is 5.32 Å². The van der Waals surface area contributed by atoms with Gasteiger partial charge in [-0.25, -0.2) is 0 Å². The van der Waals surface area contributed by atoms with Gasteiger partial charge in [0.05, 0.1) is 6.04 Å². The molecule has 78 valence electrons. The van der Waals surface area contributed by atoms with Crippen LogP contribution in [-0.2, 0) is 9.59 Å². The Morgan fingerprint density at radius 1 is 1.29 bits per heavy atom. The summed E-state index contributed by atoms with van der Waals surface area (Å²) in [4.78, 5) is 24.5. The van der Waals surface area contributed by atoms with Crippen LogP contribution in [-0.4, -0.2) is 35.3 Å². The first kappa shape index (κ1) is 9.65. The topological polar surface area (TPSA) is 49.4 Å². The second-order valence-corrected chi connectivity index (χ2v) is 4.11. The van der Waals surface area contributed by atoms with Gasteiger partial charge in [0.1, 0.15) is 0 Å². The zero-order valence-electron chi connectivity index (χ0n) is 8.45. The van der Waals surface area contributed by atoms with Crippen LogP contribution >= 0.6 is 0 Å². The summed E-state index contributed by atoms with van der Waals surface area (Å²) < 4.78 is 0. The molecule has 0 aromatic carbocycles. The summed E-state index contributed by atoms with van der Waals surface area (Å²) in [6.45, 7) is 3.04. The van der Waals surface area contributed by atoms with Gasteiger partial charge in [-0.05, 0) is 26.3 Å². The molecule has 2 aliphatic rings. The largest absolute Gasteiger partial charge is 0.312 e. The van der Waals surface area contributed by atoms with Crippen LogP contribution in [0.15, 0.2) is 0 Å². The molecule has 14 heavy (non-hydrogen) atoms. The lowest BCUT2D eigenvalue weighted by Gasteiger charge is -2.35. The lowest BCUT2D eigenvalue weighted by Crippen LogP contribution is -2.53. The summed E-state index contributed by atoms with van der Waals surface area (Å²) in [7, 11) is 0. The van der Waals surface area contributed by atoms with Crippen molar-refractivity contribution in [3.63, 3.8) is 0 Å². The number of nitrogens with one attached hydrogen (secondary N) is 1. The van der Waals surface area contributed by atoms with Gasteiger partial charge in [0.25, 0.3) is 0 Å². The van der Waals surface area contributed by atoms with Crippen molar-refractivity contribution >= 4 is 11.8 Å². The van der Waals surface area contributed by atoms with Gasteiger partial charge >= 0.3 is 0 Å². The van der Waals surface area contributed by atoms with E-state index in [1.54, 1.807) is 0 Å². The molecule has 0 aromatic heterocycles. The zero-order valence-corrected chi connectivity index (χ0v) is 8.45. The fraction of sp³-hybridized carbons (Fsp3) is 0.800. The van der Waals surface area contributed by atoms with Crippen molar-refractivity contribution in [1.29, 1.82) is 0 Å². The number of nitrogens with zero attached hydrogens (tertiary/aromatic N) is 1. The van der Waals surface area contributed by atoms with E-state index < -0.39 is 0 Å². The Labute approximate surface area is 83.6 Å². The minimum Gasteiger partial charge on any atom is -0.312 e. The van der Waals surface area contributed by atoms with Crippen molar-refractivity contribution < 1.29 is 9.59 Å². The maximum absolute atomic E-state index is 11.5. The number of imide groups is 1. The SMILES string of the molecule is CC1NCCCC1N1C(=O)CCC1=O. The van der Waals surface area contributed by atoms with Gasteiger partial charge in [0, 0.05) is 18.9 Å². The first-order valence-corrected chi connectivity index (χ1v) is 5.28. The van der Waals surface area contributed by atoms with Gasteiger partial charge < -0.3 is 5.32 Å². The molecule has 0 aliphatic carbocycles. The third kappa shape index (κ3) is 1.54. The van der Waals surface area contributed by atoms with E-state index in [0.29, 0.717) is 12.8 Å². The van der Waals surface area contributed by atoms with Crippen molar-refractivity contribution in [1.82, 2.24) is 10.2 Å². The van der Waals surface area contributed by atoms with E-state index in [1.165, 1.54) is 4.90 Å². The van der Waals surface area contributed by atoms with E-state index in [1.807, 2.05) is 6.92 Å². The molecule has 2 unspecified atom stereocenters. The molecule has 4 heteroatoms. The van der Waals surface area contributed by atoms with Crippen LogP contribution < -0.4 is 5.32 Å². The molecule has 2 aliphatic heterocycles. The zero-order chi connectivity index (χ0) is 10.1. The molecule has 0 spiro atoms. The Hall–Kier alpha value is -0.900. The molecule has 2 fully saturated rings. The number of hydrogen-bond donors (Lipinski definition) is 1. The third-order valence-electron chi connectivity index (χ3n) is 3.14. The summed E-state index contributed by atoms with van der Waals surface area (Å²) >= 11 is 0. The standard InChI is InChI=1S/C10H16N2O2/c1-7-8(3-2-6-11-7)12-9(13)4-5-10(12)14/h7-8,11H,2-6H2,1H3. The lowest BCUT2D eigenvalue weighted by molar-refractivity contribution is -0.142. The molecule has 4 nitrogen and oxygen atoms in total. The van der Waals surface area contributed by atoms with Crippen LogP contribution in [0.2, 0.25) is 0 Å². The Morgan fingerprint density at radius 3 is 2.50 bits per heavy atom. The highest BCUT2D eigenvalue weighted by molar-refractivity contribution is 6.02. The quantitative estimate of drug-likeness (QED) is 0.613. The van der Waals surface area contributed by atoms with Gasteiger partial charge in [-0.3, -0.25) is 14.5 Å². The van der Waals surface area contributed by atoms with Gasteiger partial charge in [-0.2, -0.15) is 0 Å². The Bertz CT molecular complexity index is 249. The smallest absolute Gasteiger partial charge is 0.229 e. The van der Waals surface area contributed by atoms with Crippen LogP contribution in [0.5, 0.6) is 0 Å². The Kier molecular flexibility index (Phi) is 2.54. The fourth-order valence-corrected chi connectivity index (χ4v) is 2.34. The fourth-order valence-electron chi connectivity index (χ4n) is 2.34. The number of likely N-dealkylation sites (tertiary alicyclic amines) is 1. The molecule has 1 N–H and O–H groups in total. The molecule has 2 rings (SSSR count). The lowest BCUT2D eigenvalue weighted by atomic mass is 9.98. The highest BCUT2D eigenvalue weighted by Crippen LogP contribution is 2.22. The molecule has 0 aromatic rings. The molecule has 2 amide bonds. The average molecular weight is 196 g/mol. The van der Waals surface area contributed by atoms with Crippen LogP contribution in [0, 0.1) is 0 Å². The second kappa shape index (κ2) is 3.69. The highest BCUT2D eigenvalue weighted by Gasteiger charge is 2.38. The molecule has 2 heterocycles. The van der Waals surface area contributed by atoms with Gasteiger partial charge in [0.2, 0.25) is 11.8 Å². The van der Waals surface area contributed by atoms with Crippen molar-refractivity contribution in [2.24, 2.45) is 0 Å². The van der Waals surface area contributed by atoms with Crippen molar-refractivity contribution in [3.8, 4) is 0 Å².